The minimum absolute atomic E-state index is 0.0681. The molecule has 3 aromatic rings. The highest BCUT2D eigenvalue weighted by Gasteiger charge is 2.34. The Morgan fingerprint density at radius 2 is 2.00 bits per heavy atom. The minimum atomic E-state index is -0.340. The lowest BCUT2D eigenvalue weighted by Gasteiger charge is -2.40. The molecular weight excluding hydrogens is 536 g/mol. The molecule has 0 saturated carbocycles. The summed E-state index contributed by atoms with van der Waals surface area (Å²) in [5, 5.41) is 10.6. The zero-order valence-corrected chi connectivity index (χ0v) is 24.7. The number of aryl methyl sites for hydroxylation is 1. The van der Waals surface area contributed by atoms with E-state index >= 15 is 0 Å². The number of aromatic nitrogens is 4. The number of anilines is 2. The van der Waals surface area contributed by atoms with Gasteiger partial charge in [-0.1, -0.05) is 25.5 Å². The maximum Gasteiger partial charge on any atom is 0.410 e. The van der Waals surface area contributed by atoms with Gasteiger partial charge >= 0.3 is 12.1 Å². The SMILES string of the molecule is CCCCOC(=O)N1CCC(NC(=O)N2CC(OC(C)C)C2)c2ccc(-c3ccnc(Nc4cnn(C)c4)n3)cc2C1. The molecule has 2 N–H and O–H groups in total. The van der Waals surface area contributed by atoms with E-state index < -0.39 is 0 Å². The van der Waals surface area contributed by atoms with Crippen LogP contribution in [-0.2, 0) is 23.1 Å². The van der Waals surface area contributed by atoms with Crippen molar-refractivity contribution in [2.24, 2.45) is 7.05 Å². The summed E-state index contributed by atoms with van der Waals surface area (Å²) in [7, 11) is 1.85. The number of urea groups is 1. The predicted molar refractivity (Wildman–Crippen MR) is 158 cm³/mol. The summed E-state index contributed by atoms with van der Waals surface area (Å²) in [6.45, 7) is 8.43. The molecule has 1 fully saturated rings. The number of likely N-dealkylation sites (tertiary alicyclic amines) is 1. The first kappa shape index (κ1) is 29.3. The van der Waals surface area contributed by atoms with Gasteiger partial charge in [0.05, 0.1) is 55.5 Å². The second kappa shape index (κ2) is 13.2. The molecule has 0 radical (unpaired) electrons. The van der Waals surface area contributed by atoms with Crippen molar-refractivity contribution < 1.29 is 19.1 Å². The van der Waals surface area contributed by atoms with Crippen LogP contribution >= 0.6 is 0 Å². The number of carbonyl (C=O) groups is 2. The van der Waals surface area contributed by atoms with Crippen LogP contribution in [0.15, 0.2) is 42.9 Å². The average molecular weight is 577 g/mol. The number of benzene rings is 1. The summed E-state index contributed by atoms with van der Waals surface area (Å²) < 4.78 is 13.1. The molecule has 1 unspecified atom stereocenters. The van der Waals surface area contributed by atoms with Crippen molar-refractivity contribution in [2.45, 2.75) is 64.8 Å². The lowest BCUT2D eigenvalue weighted by atomic mass is 9.96. The number of hydrogen-bond donors (Lipinski definition) is 2. The van der Waals surface area contributed by atoms with E-state index in [1.54, 1.807) is 26.9 Å². The predicted octanol–water partition coefficient (Wildman–Crippen LogP) is 4.62. The molecule has 5 rings (SSSR count). The number of hydrogen-bond acceptors (Lipinski definition) is 8. The van der Waals surface area contributed by atoms with Gasteiger partial charge in [0.2, 0.25) is 5.95 Å². The summed E-state index contributed by atoms with van der Waals surface area (Å²) in [4.78, 5) is 38.7. The van der Waals surface area contributed by atoms with Gasteiger partial charge in [0.25, 0.3) is 0 Å². The van der Waals surface area contributed by atoms with E-state index in [0.717, 1.165) is 40.9 Å². The molecule has 42 heavy (non-hydrogen) atoms. The van der Waals surface area contributed by atoms with E-state index in [0.29, 0.717) is 45.2 Å². The van der Waals surface area contributed by atoms with Crippen LogP contribution in [0.4, 0.5) is 21.2 Å². The second-order valence-electron chi connectivity index (χ2n) is 11.1. The number of amides is 3. The number of unbranched alkanes of at least 4 members (excludes halogenated alkanes) is 1. The van der Waals surface area contributed by atoms with E-state index in [-0.39, 0.29) is 30.4 Å². The third-order valence-corrected chi connectivity index (χ3v) is 7.36. The van der Waals surface area contributed by atoms with Gasteiger partial charge < -0.3 is 29.9 Å². The molecule has 0 aliphatic carbocycles. The van der Waals surface area contributed by atoms with Gasteiger partial charge in [-0.25, -0.2) is 19.6 Å². The maximum atomic E-state index is 13.1. The van der Waals surface area contributed by atoms with Crippen LogP contribution in [0.5, 0.6) is 0 Å². The fourth-order valence-electron chi connectivity index (χ4n) is 5.18. The number of fused-ring (bicyclic) bond motifs is 1. The van der Waals surface area contributed by atoms with Crippen molar-refractivity contribution in [3.63, 3.8) is 0 Å². The Morgan fingerprint density at radius 1 is 1.17 bits per heavy atom. The van der Waals surface area contributed by atoms with Crippen molar-refractivity contribution in [2.75, 3.05) is 31.6 Å². The van der Waals surface area contributed by atoms with E-state index in [2.05, 4.69) is 27.6 Å². The van der Waals surface area contributed by atoms with Crippen molar-refractivity contribution in [3.8, 4) is 11.3 Å². The van der Waals surface area contributed by atoms with Gasteiger partial charge in [-0.05, 0) is 49.9 Å². The first-order chi connectivity index (χ1) is 20.3. The highest BCUT2D eigenvalue weighted by molar-refractivity contribution is 5.76. The van der Waals surface area contributed by atoms with Gasteiger partial charge in [0, 0.05) is 38.1 Å². The van der Waals surface area contributed by atoms with Crippen LogP contribution in [0.2, 0.25) is 0 Å². The molecular formula is C30H40N8O4. The fraction of sp³-hybridized carbons (Fsp3) is 0.500. The summed E-state index contributed by atoms with van der Waals surface area (Å²) in [5.74, 6) is 0.455. The quantitative estimate of drug-likeness (QED) is 0.353. The van der Waals surface area contributed by atoms with E-state index in [9.17, 15) is 9.59 Å². The zero-order chi connectivity index (χ0) is 29.6. The molecule has 1 saturated heterocycles. The van der Waals surface area contributed by atoms with Crippen molar-refractivity contribution in [1.82, 2.24) is 34.9 Å². The van der Waals surface area contributed by atoms with Gasteiger partial charge in [0.15, 0.2) is 0 Å². The Hall–Kier alpha value is -4.19. The molecule has 3 amide bonds. The van der Waals surface area contributed by atoms with Crippen LogP contribution in [0.3, 0.4) is 0 Å². The second-order valence-corrected chi connectivity index (χ2v) is 11.1. The minimum Gasteiger partial charge on any atom is -0.449 e. The van der Waals surface area contributed by atoms with Crippen molar-refractivity contribution in [3.05, 3.63) is 54.0 Å². The van der Waals surface area contributed by atoms with Crippen LogP contribution in [0.25, 0.3) is 11.3 Å². The molecule has 2 aliphatic rings. The number of ether oxygens (including phenoxy) is 2. The average Bonchev–Trinajstić information content (AvgIpc) is 3.26. The highest BCUT2D eigenvalue weighted by Crippen LogP contribution is 2.31. The van der Waals surface area contributed by atoms with E-state index in [1.807, 2.05) is 51.4 Å². The molecule has 0 spiro atoms. The van der Waals surface area contributed by atoms with E-state index in [4.69, 9.17) is 14.5 Å². The summed E-state index contributed by atoms with van der Waals surface area (Å²) >= 11 is 0. The van der Waals surface area contributed by atoms with E-state index in [1.165, 1.54) is 0 Å². The molecule has 224 valence electrons. The van der Waals surface area contributed by atoms with Crippen molar-refractivity contribution in [1.29, 1.82) is 0 Å². The molecule has 1 atom stereocenters. The summed E-state index contributed by atoms with van der Waals surface area (Å²) in [6, 6.07) is 7.53. The Balaban J connectivity index is 1.36. The van der Waals surface area contributed by atoms with Gasteiger partial charge in [0.1, 0.15) is 0 Å². The van der Waals surface area contributed by atoms with Gasteiger partial charge in [-0.15, -0.1) is 0 Å². The summed E-state index contributed by atoms with van der Waals surface area (Å²) in [5.41, 5.74) is 4.32. The smallest absolute Gasteiger partial charge is 0.410 e. The number of nitrogens with one attached hydrogen (secondary N) is 2. The fourth-order valence-corrected chi connectivity index (χ4v) is 5.18. The lowest BCUT2D eigenvalue weighted by Crippen LogP contribution is -2.58. The van der Waals surface area contributed by atoms with Gasteiger partial charge in [-0.3, -0.25) is 4.68 Å². The molecule has 12 nitrogen and oxygen atoms in total. The number of nitrogens with zero attached hydrogens (tertiary/aromatic N) is 6. The normalized spacial score (nSPS) is 16.9. The number of carbonyl (C=O) groups excluding carboxylic acids is 2. The van der Waals surface area contributed by atoms with Gasteiger partial charge in [-0.2, -0.15) is 5.10 Å². The third-order valence-electron chi connectivity index (χ3n) is 7.36. The standard InChI is InChI=1S/C30H40N8O4/c1-5-6-13-41-30(40)37-12-10-27(35-29(39)38-18-24(19-38)42-20(2)3)25-8-7-21(14-22(25)16-37)26-9-11-31-28(34-26)33-23-15-32-36(4)17-23/h7-9,11,14-15,17,20,24,27H,5-6,10,12-13,16,18-19H2,1-4H3,(H,35,39)(H,31,33,34). The van der Waals surface area contributed by atoms with Crippen molar-refractivity contribution >= 4 is 23.8 Å². The first-order valence-corrected chi connectivity index (χ1v) is 14.6. The molecule has 4 heterocycles. The van der Waals surface area contributed by atoms with Crippen LogP contribution < -0.4 is 10.6 Å². The largest absolute Gasteiger partial charge is 0.449 e. The Morgan fingerprint density at radius 3 is 2.74 bits per heavy atom. The highest BCUT2D eigenvalue weighted by atomic mass is 16.6. The lowest BCUT2D eigenvalue weighted by molar-refractivity contribution is -0.0644. The maximum absolute atomic E-state index is 13.1. The Labute approximate surface area is 246 Å². The Kier molecular flexibility index (Phi) is 9.21. The molecule has 0 bridgehead atoms. The molecule has 2 aliphatic heterocycles. The molecule has 2 aromatic heterocycles. The monoisotopic (exact) mass is 576 g/mol. The molecule has 1 aromatic carbocycles. The first-order valence-electron chi connectivity index (χ1n) is 14.6. The van der Waals surface area contributed by atoms with Crippen LogP contribution in [0, 0.1) is 0 Å². The zero-order valence-electron chi connectivity index (χ0n) is 24.7. The summed E-state index contributed by atoms with van der Waals surface area (Å²) in [6.07, 6.45) is 7.46. The number of rotatable bonds is 9. The Bertz CT molecular complexity index is 1390. The van der Waals surface area contributed by atoms with Crippen LogP contribution in [0.1, 0.15) is 57.2 Å². The van der Waals surface area contributed by atoms with Crippen LogP contribution in [-0.4, -0.2) is 80.1 Å². The molecule has 12 heteroatoms. The third kappa shape index (κ3) is 7.17. The topological polar surface area (TPSA) is 127 Å².